The van der Waals surface area contributed by atoms with E-state index in [0.717, 1.165) is 29.7 Å². The van der Waals surface area contributed by atoms with Gasteiger partial charge in [-0.3, -0.25) is 4.79 Å². The number of hydrogen-bond donors (Lipinski definition) is 2. The Kier molecular flexibility index (Phi) is 3.57. The van der Waals surface area contributed by atoms with Crippen LogP contribution in [0.25, 0.3) is 0 Å². The van der Waals surface area contributed by atoms with Crippen LogP contribution >= 0.6 is 0 Å². The third-order valence-corrected chi connectivity index (χ3v) is 3.62. The molecule has 0 aliphatic heterocycles. The van der Waals surface area contributed by atoms with E-state index in [4.69, 9.17) is 10.5 Å². The molecule has 0 heterocycles. The van der Waals surface area contributed by atoms with Gasteiger partial charge in [0.15, 0.2) is 0 Å². The van der Waals surface area contributed by atoms with E-state index in [2.05, 4.69) is 5.32 Å². The molecule has 0 unspecified atom stereocenters. The monoisotopic (exact) mass is 248 g/mol. The number of carbonyl (C=O) groups excluding carboxylic acids is 1. The maximum atomic E-state index is 12.0. The van der Waals surface area contributed by atoms with E-state index in [9.17, 15) is 4.79 Å². The molecule has 1 aliphatic carbocycles. The van der Waals surface area contributed by atoms with Crippen LogP contribution in [0.5, 0.6) is 5.75 Å². The third-order valence-electron chi connectivity index (χ3n) is 3.62. The lowest BCUT2D eigenvalue weighted by atomic mass is 9.80. The molecule has 1 aromatic carbocycles. The maximum absolute atomic E-state index is 12.0. The number of carbonyl (C=O) groups is 1. The summed E-state index contributed by atoms with van der Waals surface area (Å²) in [6.45, 7) is 4.04. The molecule has 1 aliphatic rings. The molecule has 0 saturated heterocycles. The molecule has 0 radical (unpaired) electrons. The highest BCUT2D eigenvalue weighted by Crippen LogP contribution is 2.31. The van der Waals surface area contributed by atoms with E-state index in [0.29, 0.717) is 5.75 Å². The molecule has 2 rings (SSSR count). The lowest BCUT2D eigenvalue weighted by Crippen LogP contribution is -2.42. The van der Waals surface area contributed by atoms with Gasteiger partial charge in [-0.25, -0.2) is 0 Å². The molecule has 1 aromatic rings. The molecule has 18 heavy (non-hydrogen) atoms. The number of aryl methyl sites for hydroxylation is 2. The van der Waals surface area contributed by atoms with Crippen LogP contribution in [-0.4, -0.2) is 19.1 Å². The van der Waals surface area contributed by atoms with Crippen LogP contribution in [0.4, 0.5) is 5.69 Å². The number of methoxy groups -OCH3 is 1. The SMILES string of the molecule is COc1cc(C)c(C)cc1NC(=O)C1CC(N)C1. The highest BCUT2D eigenvalue weighted by molar-refractivity contribution is 5.94. The summed E-state index contributed by atoms with van der Waals surface area (Å²) in [7, 11) is 1.61. The molecule has 4 heteroatoms. The van der Waals surface area contributed by atoms with Gasteiger partial charge >= 0.3 is 0 Å². The first kappa shape index (κ1) is 12.9. The lowest BCUT2D eigenvalue weighted by Gasteiger charge is -2.31. The molecule has 1 saturated carbocycles. The molecule has 1 fully saturated rings. The normalized spacial score (nSPS) is 22.2. The minimum Gasteiger partial charge on any atom is -0.495 e. The number of hydrogen-bond acceptors (Lipinski definition) is 3. The third kappa shape index (κ3) is 2.48. The summed E-state index contributed by atoms with van der Waals surface area (Å²) >= 11 is 0. The van der Waals surface area contributed by atoms with Crippen molar-refractivity contribution in [2.75, 3.05) is 12.4 Å². The molecule has 0 atom stereocenters. The Bertz CT molecular complexity index is 465. The Hall–Kier alpha value is -1.55. The largest absolute Gasteiger partial charge is 0.495 e. The number of amides is 1. The Balaban J connectivity index is 2.13. The molecule has 0 bridgehead atoms. The van der Waals surface area contributed by atoms with E-state index in [1.165, 1.54) is 0 Å². The summed E-state index contributed by atoms with van der Waals surface area (Å²) in [5.74, 6) is 0.791. The van der Waals surface area contributed by atoms with Gasteiger partial charge in [-0.15, -0.1) is 0 Å². The van der Waals surface area contributed by atoms with Gasteiger partial charge in [0.1, 0.15) is 5.75 Å². The van der Waals surface area contributed by atoms with Crippen molar-refractivity contribution >= 4 is 11.6 Å². The quantitative estimate of drug-likeness (QED) is 0.859. The number of nitrogens with two attached hydrogens (primary N) is 1. The first-order valence-electron chi connectivity index (χ1n) is 6.23. The number of anilines is 1. The molecule has 3 N–H and O–H groups in total. The van der Waals surface area contributed by atoms with Crippen LogP contribution in [0.3, 0.4) is 0 Å². The summed E-state index contributed by atoms with van der Waals surface area (Å²) in [5, 5.41) is 2.93. The summed E-state index contributed by atoms with van der Waals surface area (Å²) < 4.78 is 5.30. The van der Waals surface area contributed by atoms with E-state index < -0.39 is 0 Å². The predicted molar refractivity (Wildman–Crippen MR) is 71.8 cm³/mol. The van der Waals surface area contributed by atoms with Crippen molar-refractivity contribution in [1.29, 1.82) is 0 Å². The molecular formula is C14H20N2O2. The van der Waals surface area contributed by atoms with Gasteiger partial charge in [-0.2, -0.15) is 0 Å². The van der Waals surface area contributed by atoms with E-state index in [1.54, 1.807) is 7.11 Å². The van der Waals surface area contributed by atoms with Crippen LogP contribution in [0.1, 0.15) is 24.0 Å². The van der Waals surface area contributed by atoms with E-state index in [-0.39, 0.29) is 17.9 Å². The fourth-order valence-electron chi connectivity index (χ4n) is 2.17. The number of nitrogens with one attached hydrogen (secondary N) is 1. The summed E-state index contributed by atoms with van der Waals surface area (Å²) in [4.78, 5) is 12.0. The molecule has 98 valence electrons. The number of benzene rings is 1. The smallest absolute Gasteiger partial charge is 0.227 e. The second-order valence-electron chi connectivity index (χ2n) is 5.05. The van der Waals surface area contributed by atoms with Crippen LogP contribution in [0.2, 0.25) is 0 Å². The predicted octanol–water partition coefficient (Wildman–Crippen LogP) is 1.99. The van der Waals surface area contributed by atoms with Crippen molar-refractivity contribution in [1.82, 2.24) is 0 Å². The minimum absolute atomic E-state index is 0.0400. The minimum atomic E-state index is 0.0400. The Labute approximate surface area is 108 Å². The standard InChI is InChI=1S/C14H20N2O2/c1-8-4-12(13(18-3)5-9(8)2)16-14(17)10-6-11(15)7-10/h4-5,10-11H,6-7,15H2,1-3H3,(H,16,17). The average Bonchev–Trinajstić information content (AvgIpc) is 2.29. The van der Waals surface area contributed by atoms with Gasteiger partial charge in [0, 0.05) is 12.0 Å². The van der Waals surface area contributed by atoms with Gasteiger partial charge in [-0.05, 0) is 49.9 Å². The van der Waals surface area contributed by atoms with E-state index >= 15 is 0 Å². The second kappa shape index (κ2) is 4.98. The molecule has 1 amide bonds. The van der Waals surface area contributed by atoms with Crippen molar-refractivity contribution < 1.29 is 9.53 Å². The van der Waals surface area contributed by atoms with Crippen LogP contribution in [-0.2, 0) is 4.79 Å². The van der Waals surface area contributed by atoms with Crippen molar-refractivity contribution in [3.8, 4) is 5.75 Å². The first-order valence-corrected chi connectivity index (χ1v) is 6.23. The first-order chi connectivity index (χ1) is 8.51. The highest BCUT2D eigenvalue weighted by Gasteiger charge is 2.32. The van der Waals surface area contributed by atoms with Crippen molar-refractivity contribution in [3.05, 3.63) is 23.3 Å². The van der Waals surface area contributed by atoms with Gasteiger partial charge < -0.3 is 15.8 Å². The fraction of sp³-hybridized carbons (Fsp3) is 0.500. The molecular weight excluding hydrogens is 228 g/mol. The zero-order valence-corrected chi connectivity index (χ0v) is 11.1. The zero-order valence-electron chi connectivity index (χ0n) is 11.1. The Morgan fingerprint density at radius 1 is 1.33 bits per heavy atom. The van der Waals surface area contributed by atoms with Crippen molar-refractivity contribution in [2.45, 2.75) is 32.7 Å². The number of rotatable bonds is 3. The van der Waals surface area contributed by atoms with Crippen molar-refractivity contribution in [2.24, 2.45) is 11.7 Å². The second-order valence-corrected chi connectivity index (χ2v) is 5.05. The van der Waals surface area contributed by atoms with Crippen LogP contribution in [0.15, 0.2) is 12.1 Å². The zero-order chi connectivity index (χ0) is 13.3. The number of ether oxygens (including phenoxy) is 1. The van der Waals surface area contributed by atoms with E-state index in [1.807, 2.05) is 26.0 Å². The van der Waals surface area contributed by atoms with Crippen molar-refractivity contribution in [3.63, 3.8) is 0 Å². The Morgan fingerprint density at radius 2 is 1.94 bits per heavy atom. The Morgan fingerprint density at radius 3 is 2.50 bits per heavy atom. The van der Waals surface area contributed by atoms with Gasteiger partial charge in [0.05, 0.1) is 12.8 Å². The summed E-state index contributed by atoms with van der Waals surface area (Å²) in [6.07, 6.45) is 1.55. The highest BCUT2D eigenvalue weighted by atomic mass is 16.5. The molecule has 0 spiro atoms. The lowest BCUT2D eigenvalue weighted by molar-refractivity contribution is -0.122. The maximum Gasteiger partial charge on any atom is 0.227 e. The molecule has 4 nitrogen and oxygen atoms in total. The van der Waals surface area contributed by atoms with Crippen LogP contribution in [0, 0.1) is 19.8 Å². The topological polar surface area (TPSA) is 64.3 Å². The summed E-state index contributed by atoms with van der Waals surface area (Å²) in [5.41, 5.74) is 8.72. The molecule has 0 aromatic heterocycles. The van der Waals surface area contributed by atoms with Gasteiger partial charge in [0.2, 0.25) is 5.91 Å². The average molecular weight is 248 g/mol. The summed E-state index contributed by atoms with van der Waals surface area (Å²) in [6, 6.07) is 4.07. The van der Waals surface area contributed by atoms with Gasteiger partial charge in [-0.1, -0.05) is 0 Å². The van der Waals surface area contributed by atoms with Crippen LogP contribution < -0.4 is 15.8 Å². The fourth-order valence-corrected chi connectivity index (χ4v) is 2.17. The van der Waals surface area contributed by atoms with Gasteiger partial charge in [0.25, 0.3) is 0 Å².